The van der Waals surface area contributed by atoms with Crippen LogP contribution in [0.3, 0.4) is 0 Å². The van der Waals surface area contributed by atoms with E-state index < -0.39 is 16.1 Å². The quantitative estimate of drug-likeness (QED) is 0.192. The molecule has 0 radical (unpaired) electrons. The Morgan fingerprint density at radius 2 is 1.12 bits per heavy atom. The van der Waals surface area contributed by atoms with Crippen LogP contribution in [-0.2, 0) is 12.8 Å². The maximum Gasteiger partial charge on any atom is 0.125 e. The Labute approximate surface area is 203 Å². The van der Waals surface area contributed by atoms with Crippen LogP contribution < -0.4 is 4.74 Å². The summed E-state index contributed by atoms with van der Waals surface area (Å²) in [6, 6.07) is 16.2. The lowest BCUT2D eigenvalue weighted by molar-refractivity contribution is 0.310. The zero-order valence-corrected chi connectivity index (χ0v) is 24.7. The van der Waals surface area contributed by atoms with E-state index in [-0.39, 0.29) is 0 Å². The molecule has 0 aliphatic rings. The van der Waals surface area contributed by atoms with Gasteiger partial charge in [-0.15, -0.1) is 0 Å². The highest BCUT2D eigenvalue weighted by atomic mass is 28.3. The first-order valence-corrected chi connectivity index (χ1v) is 19.5. The minimum atomic E-state index is -1.06. The van der Waals surface area contributed by atoms with Gasteiger partial charge in [-0.25, -0.2) is 0 Å². The maximum absolute atomic E-state index is 6.43. The fourth-order valence-electron chi connectivity index (χ4n) is 5.53. The molecule has 0 aliphatic carbocycles. The van der Waals surface area contributed by atoms with Crippen LogP contribution in [-0.4, -0.2) is 22.8 Å². The highest BCUT2D eigenvalue weighted by Crippen LogP contribution is 2.34. The third-order valence-electron chi connectivity index (χ3n) is 8.76. The lowest BCUT2D eigenvalue weighted by Crippen LogP contribution is -2.31. The van der Waals surface area contributed by atoms with Crippen LogP contribution in [0.15, 0.2) is 18.7 Å². The summed E-state index contributed by atoms with van der Waals surface area (Å²) in [5.41, 5.74) is 4.14. The Morgan fingerprint density at radius 1 is 0.719 bits per heavy atom. The molecular formula is C29H54OSi2. The van der Waals surface area contributed by atoms with E-state index in [0.29, 0.717) is 0 Å². The van der Waals surface area contributed by atoms with E-state index in [1.807, 2.05) is 6.08 Å². The molecule has 1 rings (SSSR count). The molecule has 184 valence electrons. The summed E-state index contributed by atoms with van der Waals surface area (Å²) in [5, 5.41) is 0. The maximum atomic E-state index is 6.43. The van der Waals surface area contributed by atoms with Gasteiger partial charge in [-0.05, 0) is 48.1 Å². The van der Waals surface area contributed by atoms with Gasteiger partial charge < -0.3 is 4.74 Å². The van der Waals surface area contributed by atoms with Crippen LogP contribution in [0.1, 0.15) is 84.4 Å². The smallest absolute Gasteiger partial charge is 0.125 e. The van der Waals surface area contributed by atoms with Gasteiger partial charge in [0.05, 0.1) is 22.8 Å². The monoisotopic (exact) mass is 474 g/mol. The molecule has 3 heteroatoms. The minimum absolute atomic E-state index is 0.822. The van der Waals surface area contributed by atoms with Gasteiger partial charge in [0.15, 0.2) is 0 Å². The first-order chi connectivity index (χ1) is 15.4. The number of rotatable bonds is 18. The van der Waals surface area contributed by atoms with Crippen molar-refractivity contribution in [3.05, 3.63) is 35.4 Å². The number of benzene rings is 1. The Morgan fingerprint density at radius 3 is 1.44 bits per heavy atom. The van der Waals surface area contributed by atoms with E-state index in [2.05, 4.69) is 67.2 Å². The fraction of sp³-hybridized carbons (Fsp3) is 0.724. The van der Waals surface area contributed by atoms with E-state index in [1.165, 1.54) is 83.6 Å². The number of aryl methyl sites for hydroxylation is 2. The molecule has 0 N–H and O–H groups in total. The molecule has 0 saturated heterocycles. The van der Waals surface area contributed by atoms with Crippen molar-refractivity contribution in [2.24, 2.45) is 0 Å². The van der Waals surface area contributed by atoms with Crippen LogP contribution in [0, 0.1) is 0 Å². The lowest BCUT2D eigenvalue weighted by Gasteiger charge is -2.29. The van der Waals surface area contributed by atoms with Crippen molar-refractivity contribution in [2.45, 2.75) is 129 Å². The standard InChI is InChI=1S/C29H54OSi2/c1-9-21-30-29-27(19-17-22-31(11-3,12-4)13-5)24-26(10-2)25-28(29)20-18-23-32(14-6,15-7)16-8/h10,24-25H,2,9,11-23H2,1,3-8H3. The van der Waals surface area contributed by atoms with E-state index in [9.17, 15) is 0 Å². The highest BCUT2D eigenvalue weighted by molar-refractivity contribution is 6.80. The minimum Gasteiger partial charge on any atom is -0.493 e. The zero-order valence-electron chi connectivity index (χ0n) is 22.7. The normalized spacial score (nSPS) is 12.2. The average Bonchev–Trinajstić information content (AvgIpc) is 2.84. The SMILES string of the molecule is C=Cc1cc(CCC[Si](CC)(CC)CC)c(OCCC)c(CCC[Si](CC)(CC)CC)c1. The highest BCUT2D eigenvalue weighted by Gasteiger charge is 2.27. The molecule has 0 amide bonds. The Kier molecular flexibility index (Phi) is 13.9. The molecule has 32 heavy (non-hydrogen) atoms. The second-order valence-electron chi connectivity index (χ2n) is 10.0. The topological polar surface area (TPSA) is 9.23 Å². The summed E-state index contributed by atoms with van der Waals surface area (Å²) in [6.07, 6.45) is 8.02. The van der Waals surface area contributed by atoms with Crippen molar-refractivity contribution < 1.29 is 4.74 Å². The fourth-order valence-corrected chi connectivity index (χ4v) is 12.5. The second kappa shape index (κ2) is 15.2. The van der Waals surface area contributed by atoms with Gasteiger partial charge in [0.1, 0.15) is 5.75 Å². The van der Waals surface area contributed by atoms with Gasteiger partial charge in [-0.2, -0.15) is 0 Å². The number of ether oxygens (including phenoxy) is 1. The third kappa shape index (κ3) is 8.20. The first-order valence-electron chi connectivity index (χ1n) is 13.8. The Balaban J connectivity index is 3.09. The van der Waals surface area contributed by atoms with Gasteiger partial charge in [-0.3, -0.25) is 0 Å². The molecule has 0 heterocycles. The summed E-state index contributed by atoms with van der Waals surface area (Å²) in [6.45, 7) is 21.7. The summed E-state index contributed by atoms with van der Waals surface area (Å²) in [4.78, 5) is 0. The molecule has 0 aliphatic heterocycles. The van der Waals surface area contributed by atoms with Crippen LogP contribution in [0.5, 0.6) is 5.75 Å². The van der Waals surface area contributed by atoms with Crippen molar-refractivity contribution >= 4 is 22.2 Å². The summed E-state index contributed by atoms with van der Waals surface area (Å²) < 4.78 is 6.43. The molecule has 1 aromatic rings. The number of hydrogen-bond acceptors (Lipinski definition) is 1. The lowest BCUT2D eigenvalue weighted by atomic mass is 9.98. The van der Waals surface area contributed by atoms with Crippen LogP contribution in [0.25, 0.3) is 6.08 Å². The predicted molar refractivity (Wildman–Crippen MR) is 153 cm³/mol. The molecule has 0 atom stereocenters. The summed E-state index contributed by atoms with van der Waals surface area (Å²) >= 11 is 0. The average molecular weight is 475 g/mol. The van der Waals surface area contributed by atoms with Crippen molar-refractivity contribution in [1.29, 1.82) is 0 Å². The van der Waals surface area contributed by atoms with E-state index >= 15 is 0 Å². The van der Waals surface area contributed by atoms with Gasteiger partial charge in [0, 0.05) is 0 Å². The molecular weight excluding hydrogens is 420 g/mol. The van der Waals surface area contributed by atoms with Crippen molar-refractivity contribution in [2.75, 3.05) is 6.61 Å². The predicted octanol–water partition coefficient (Wildman–Crippen LogP) is 10.0. The first kappa shape index (κ1) is 29.2. The molecule has 1 aromatic carbocycles. The largest absolute Gasteiger partial charge is 0.493 e. The van der Waals surface area contributed by atoms with Crippen LogP contribution in [0.2, 0.25) is 48.4 Å². The molecule has 0 unspecified atom stereocenters. The van der Waals surface area contributed by atoms with Gasteiger partial charge in [0.25, 0.3) is 0 Å². The van der Waals surface area contributed by atoms with E-state index in [4.69, 9.17) is 4.74 Å². The molecule has 0 fully saturated rings. The summed E-state index contributed by atoms with van der Waals surface area (Å²) in [7, 11) is -2.12. The van der Waals surface area contributed by atoms with E-state index in [0.717, 1.165) is 25.9 Å². The van der Waals surface area contributed by atoms with Gasteiger partial charge in [0.2, 0.25) is 0 Å². The van der Waals surface area contributed by atoms with E-state index in [1.54, 1.807) is 0 Å². The molecule has 1 nitrogen and oxygen atoms in total. The van der Waals surface area contributed by atoms with Crippen molar-refractivity contribution in [3.8, 4) is 5.75 Å². The summed E-state index contributed by atoms with van der Waals surface area (Å²) in [5.74, 6) is 1.21. The zero-order chi connectivity index (χ0) is 24.0. The number of hydrogen-bond donors (Lipinski definition) is 0. The molecule has 0 aromatic heterocycles. The van der Waals surface area contributed by atoms with Crippen molar-refractivity contribution in [1.82, 2.24) is 0 Å². The second-order valence-corrected chi connectivity index (χ2v) is 21.3. The Bertz CT molecular complexity index is 596. The van der Waals surface area contributed by atoms with Gasteiger partial charge in [-0.1, -0.05) is 122 Å². The van der Waals surface area contributed by atoms with Crippen molar-refractivity contribution in [3.63, 3.8) is 0 Å². The van der Waals surface area contributed by atoms with Crippen LogP contribution in [0.4, 0.5) is 0 Å². The molecule has 0 bridgehead atoms. The van der Waals surface area contributed by atoms with Crippen LogP contribution >= 0.6 is 0 Å². The Hall–Kier alpha value is -0.806. The third-order valence-corrected chi connectivity index (χ3v) is 20.6. The molecule has 0 spiro atoms. The molecule has 0 saturated carbocycles. The van der Waals surface area contributed by atoms with Gasteiger partial charge >= 0.3 is 0 Å².